The number of nitrogens with zero attached hydrogens (tertiary/aromatic N) is 3. The number of amides is 1. The van der Waals surface area contributed by atoms with E-state index >= 15 is 0 Å². The molecule has 23 heavy (non-hydrogen) atoms. The largest absolute Gasteiger partial charge is 0.357 e. The second-order valence-electron chi connectivity index (χ2n) is 5.90. The highest BCUT2D eigenvalue weighted by molar-refractivity contribution is 5.73. The number of ether oxygens (including phenoxy) is 1. The molecule has 124 valence electrons. The maximum absolute atomic E-state index is 11.3. The Morgan fingerprint density at radius 1 is 1.65 bits per heavy atom. The first-order valence-electron chi connectivity index (χ1n) is 7.76. The van der Waals surface area contributed by atoms with Gasteiger partial charge in [0, 0.05) is 38.2 Å². The molecule has 1 aromatic rings. The van der Waals surface area contributed by atoms with Crippen LogP contribution < -0.4 is 16.0 Å². The van der Waals surface area contributed by atoms with E-state index in [9.17, 15) is 4.79 Å². The van der Waals surface area contributed by atoms with E-state index in [-0.39, 0.29) is 24.2 Å². The zero-order chi connectivity index (χ0) is 16.8. The number of piperidine rings is 1. The number of nitrogens with one attached hydrogen (secondary N) is 1. The first-order valence-corrected chi connectivity index (χ1v) is 7.76. The molecule has 0 aromatic carbocycles. The van der Waals surface area contributed by atoms with Gasteiger partial charge in [0.1, 0.15) is 18.1 Å². The number of hydrogen-bond acceptors (Lipinski definition) is 6. The van der Waals surface area contributed by atoms with Crippen molar-refractivity contribution in [3.8, 4) is 6.07 Å². The minimum absolute atomic E-state index is 0.0362. The van der Waals surface area contributed by atoms with E-state index in [4.69, 9.17) is 15.7 Å². The summed E-state index contributed by atoms with van der Waals surface area (Å²) in [6, 6.07) is 5.64. The van der Waals surface area contributed by atoms with Gasteiger partial charge in [-0.2, -0.15) is 5.26 Å². The summed E-state index contributed by atoms with van der Waals surface area (Å²) in [5.41, 5.74) is 6.31. The number of rotatable bonds is 5. The maximum atomic E-state index is 11.3. The molecule has 2 rings (SSSR count). The molecule has 7 heteroatoms. The Kier molecular flexibility index (Phi) is 5.90. The van der Waals surface area contributed by atoms with Gasteiger partial charge < -0.3 is 20.7 Å². The fourth-order valence-electron chi connectivity index (χ4n) is 2.65. The number of aromatic nitrogens is 1. The maximum Gasteiger partial charge on any atom is 0.217 e. The lowest BCUT2D eigenvalue weighted by atomic mass is 10.0. The molecule has 7 nitrogen and oxygen atoms in total. The van der Waals surface area contributed by atoms with Crippen molar-refractivity contribution in [1.29, 1.82) is 5.26 Å². The van der Waals surface area contributed by atoms with Crippen molar-refractivity contribution in [3.63, 3.8) is 0 Å². The molecule has 0 aliphatic carbocycles. The van der Waals surface area contributed by atoms with E-state index in [2.05, 4.69) is 21.3 Å². The van der Waals surface area contributed by atoms with Gasteiger partial charge in [-0.1, -0.05) is 0 Å². The Hall–Kier alpha value is -2.17. The Balaban J connectivity index is 2.11. The molecule has 0 unspecified atom stereocenters. The minimum Gasteiger partial charge on any atom is -0.357 e. The summed E-state index contributed by atoms with van der Waals surface area (Å²) >= 11 is 0. The number of pyridine rings is 1. The summed E-state index contributed by atoms with van der Waals surface area (Å²) in [6.45, 7) is 4.56. The quantitative estimate of drug-likeness (QED) is 0.830. The van der Waals surface area contributed by atoms with Crippen LogP contribution in [0.1, 0.15) is 32.3 Å². The molecule has 3 N–H and O–H groups in total. The smallest absolute Gasteiger partial charge is 0.217 e. The second kappa shape index (κ2) is 7.90. The molecule has 1 fully saturated rings. The van der Waals surface area contributed by atoms with Crippen molar-refractivity contribution in [2.75, 3.05) is 18.1 Å². The third kappa shape index (κ3) is 4.91. The van der Waals surface area contributed by atoms with Gasteiger partial charge in [-0.25, -0.2) is 4.98 Å². The van der Waals surface area contributed by atoms with E-state index in [1.807, 2.05) is 13.0 Å². The van der Waals surface area contributed by atoms with Gasteiger partial charge in [-0.15, -0.1) is 0 Å². The highest BCUT2D eigenvalue weighted by Gasteiger charge is 2.30. The highest BCUT2D eigenvalue weighted by Crippen LogP contribution is 2.24. The van der Waals surface area contributed by atoms with Crippen molar-refractivity contribution < 1.29 is 9.53 Å². The Labute approximate surface area is 136 Å². The normalized spacial score (nSPS) is 22.3. The summed E-state index contributed by atoms with van der Waals surface area (Å²) in [5, 5.41) is 11.8. The first kappa shape index (κ1) is 17.2. The fourth-order valence-corrected chi connectivity index (χ4v) is 2.65. The van der Waals surface area contributed by atoms with Crippen LogP contribution in [-0.4, -0.2) is 42.4 Å². The predicted octanol–water partition coefficient (Wildman–Crippen LogP) is 0.748. The fraction of sp³-hybridized carbons (Fsp3) is 0.562. The number of carbonyl (C=O) groups is 1. The van der Waals surface area contributed by atoms with Crippen molar-refractivity contribution in [2.45, 2.75) is 45.0 Å². The van der Waals surface area contributed by atoms with Crippen molar-refractivity contribution >= 4 is 11.7 Å². The van der Waals surface area contributed by atoms with E-state index < -0.39 is 0 Å². The SMILES string of the molecule is CC(=O)N[C@H]1CCN(c2ccc(C#N)cn2)[C@@H](OC[C@H](C)N)C1. The molecule has 2 heterocycles. The van der Waals surface area contributed by atoms with Crippen LogP contribution in [0, 0.1) is 11.3 Å². The Bertz CT molecular complexity index is 567. The standard InChI is InChI=1S/C16H23N5O2/c1-11(18)10-23-16-7-14(20-12(2)22)5-6-21(16)15-4-3-13(8-17)9-19-15/h3-4,9,11,14,16H,5-7,10,18H2,1-2H3,(H,20,22)/t11-,14-,16-/m0/s1. The monoisotopic (exact) mass is 317 g/mol. The number of carbonyl (C=O) groups excluding carboxylic acids is 1. The van der Waals surface area contributed by atoms with Crippen LogP contribution in [0.25, 0.3) is 0 Å². The first-order chi connectivity index (χ1) is 11.0. The van der Waals surface area contributed by atoms with Gasteiger partial charge in [0.05, 0.1) is 12.2 Å². The van der Waals surface area contributed by atoms with Gasteiger partial charge in [-0.05, 0) is 25.5 Å². The summed E-state index contributed by atoms with van der Waals surface area (Å²) in [5.74, 6) is 0.728. The summed E-state index contributed by atoms with van der Waals surface area (Å²) in [4.78, 5) is 17.7. The molecule has 3 atom stereocenters. The van der Waals surface area contributed by atoms with Gasteiger partial charge in [0.2, 0.25) is 5.91 Å². The van der Waals surface area contributed by atoms with Crippen LogP contribution in [0.15, 0.2) is 18.3 Å². The second-order valence-corrected chi connectivity index (χ2v) is 5.90. The zero-order valence-corrected chi connectivity index (χ0v) is 13.5. The summed E-state index contributed by atoms with van der Waals surface area (Å²) in [6.07, 6.45) is 2.84. The molecule has 0 bridgehead atoms. The molecule has 0 radical (unpaired) electrons. The number of anilines is 1. The van der Waals surface area contributed by atoms with Crippen LogP contribution in [0.2, 0.25) is 0 Å². The molecule has 0 saturated carbocycles. The highest BCUT2D eigenvalue weighted by atomic mass is 16.5. The van der Waals surface area contributed by atoms with Crippen molar-refractivity contribution in [3.05, 3.63) is 23.9 Å². The molecular weight excluding hydrogens is 294 g/mol. The lowest BCUT2D eigenvalue weighted by Crippen LogP contribution is -2.51. The molecule has 1 saturated heterocycles. The van der Waals surface area contributed by atoms with Gasteiger partial charge in [0.15, 0.2) is 0 Å². The van der Waals surface area contributed by atoms with Crippen LogP contribution in [0.5, 0.6) is 0 Å². The van der Waals surface area contributed by atoms with Crippen LogP contribution >= 0.6 is 0 Å². The van der Waals surface area contributed by atoms with Crippen LogP contribution in [0.3, 0.4) is 0 Å². The number of nitrogens with two attached hydrogens (primary N) is 1. The van der Waals surface area contributed by atoms with Crippen LogP contribution in [0.4, 0.5) is 5.82 Å². The summed E-state index contributed by atoms with van der Waals surface area (Å²) in [7, 11) is 0. The third-order valence-electron chi connectivity index (χ3n) is 3.68. The minimum atomic E-state index is -0.202. The lowest BCUT2D eigenvalue weighted by Gasteiger charge is -2.40. The third-order valence-corrected chi connectivity index (χ3v) is 3.68. The van der Waals surface area contributed by atoms with Gasteiger partial charge in [-0.3, -0.25) is 4.79 Å². The Morgan fingerprint density at radius 2 is 2.43 bits per heavy atom. The number of hydrogen-bond donors (Lipinski definition) is 2. The van der Waals surface area contributed by atoms with E-state index in [1.165, 1.54) is 6.92 Å². The summed E-state index contributed by atoms with van der Waals surface area (Å²) < 4.78 is 5.92. The Morgan fingerprint density at radius 3 is 3.00 bits per heavy atom. The average Bonchev–Trinajstić information content (AvgIpc) is 2.52. The van der Waals surface area contributed by atoms with E-state index in [0.717, 1.165) is 12.2 Å². The van der Waals surface area contributed by atoms with Gasteiger partial charge >= 0.3 is 0 Å². The zero-order valence-electron chi connectivity index (χ0n) is 13.5. The molecule has 1 aliphatic rings. The predicted molar refractivity (Wildman–Crippen MR) is 86.5 cm³/mol. The van der Waals surface area contributed by atoms with Gasteiger partial charge in [0.25, 0.3) is 0 Å². The molecule has 0 spiro atoms. The van der Waals surface area contributed by atoms with Crippen molar-refractivity contribution in [2.24, 2.45) is 5.73 Å². The lowest BCUT2D eigenvalue weighted by molar-refractivity contribution is -0.120. The molecule has 1 aliphatic heterocycles. The van der Waals surface area contributed by atoms with E-state index in [1.54, 1.807) is 12.3 Å². The average molecular weight is 317 g/mol. The van der Waals surface area contributed by atoms with Crippen LogP contribution in [-0.2, 0) is 9.53 Å². The molecule has 1 aromatic heterocycles. The number of nitriles is 1. The molecular formula is C16H23N5O2. The topological polar surface area (TPSA) is 104 Å². The van der Waals surface area contributed by atoms with Crippen molar-refractivity contribution in [1.82, 2.24) is 10.3 Å². The van der Waals surface area contributed by atoms with E-state index in [0.29, 0.717) is 25.1 Å². The molecule has 1 amide bonds.